The molecule has 0 radical (unpaired) electrons. The number of esters is 1. The van der Waals surface area contributed by atoms with Crippen molar-refractivity contribution < 1.29 is 22.7 Å². The van der Waals surface area contributed by atoms with E-state index in [9.17, 15) is 18.0 Å². The Morgan fingerprint density at radius 3 is 2.43 bits per heavy atom. The predicted molar refractivity (Wildman–Crippen MR) is 113 cm³/mol. The van der Waals surface area contributed by atoms with Gasteiger partial charge < -0.3 is 10.1 Å². The zero-order chi connectivity index (χ0) is 21.7. The largest absolute Gasteiger partial charge is 0.427 e. The first kappa shape index (κ1) is 22.3. The zero-order valence-corrected chi connectivity index (χ0v) is 18.1. The van der Waals surface area contributed by atoms with Gasteiger partial charge in [0.1, 0.15) is 11.8 Å². The fraction of sp³-hybridized carbons (Fsp3) is 0.333. The topological polar surface area (TPSA) is 92.8 Å². The standard InChI is InChI=1S/C21H23ClN2O5S/c1-15(25)29-18-9-5-16(6-10-18)14-24(20-4-2-3-13-23-21(20)26)30(27,28)19-11-7-17(22)8-12-19/h5-12,20H,2-4,13-14H2,1H3,(H,23,26). The molecule has 0 saturated carbocycles. The van der Waals surface area contributed by atoms with Crippen LogP contribution in [-0.2, 0) is 26.2 Å². The van der Waals surface area contributed by atoms with Gasteiger partial charge in [0.2, 0.25) is 15.9 Å². The second kappa shape index (κ2) is 9.59. The Bertz CT molecular complexity index is 1010. The van der Waals surface area contributed by atoms with Gasteiger partial charge in [-0.2, -0.15) is 4.31 Å². The third kappa shape index (κ3) is 5.38. The normalized spacial score (nSPS) is 17.3. The van der Waals surface area contributed by atoms with E-state index in [1.54, 1.807) is 24.3 Å². The smallest absolute Gasteiger partial charge is 0.308 e. The van der Waals surface area contributed by atoms with Crippen LogP contribution in [0.2, 0.25) is 5.02 Å². The Hall–Kier alpha value is -2.42. The lowest BCUT2D eigenvalue weighted by atomic mass is 10.1. The maximum atomic E-state index is 13.5. The van der Waals surface area contributed by atoms with Gasteiger partial charge in [-0.3, -0.25) is 9.59 Å². The molecule has 9 heteroatoms. The molecule has 0 aliphatic carbocycles. The second-order valence-corrected chi connectivity index (χ2v) is 9.37. The number of rotatable bonds is 6. The number of ether oxygens (including phenoxy) is 1. The van der Waals surface area contributed by atoms with Crippen LogP contribution in [0.5, 0.6) is 5.75 Å². The van der Waals surface area contributed by atoms with Gasteiger partial charge in [-0.05, 0) is 61.2 Å². The maximum Gasteiger partial charge on any atom is 0.308 e. The first-order valence-electron chi connectivity index (χ1n) is 9.60. The molecule has 1 aliphatic heterocycles. The van der Waals surface area contributed by atoms with E-state index >= 15 is 0 Å². The lowest BCUT2D eigenvalue weighted by Gasteiger charge is -2.29. The van der Waals surface area contributed by atoms with E-state index in [4.69, 9.17) is 16.3 Å². The number of hydrogen-bond acceptors (Lipinski definition) is 5. The third-order valence-corrected chi connectivity index (χ3v) is 6.92. The van der Waals surface area contributed by atoms with Crippen molar-refractivity contribution in [1.29, 1.82) is 0 Å². The van der Waals surface area contributed by atoms with Gasteiger partial charge in [0.05, 0.1) is 4.90 Å². The van der Waals surface area contributed by atoms with E-state index in [1.165, 1.54) is 35.5 Å². The van der Waals surface area contributed by atoms with E-state index < -0.39 is 22.0 Å². The number of amides is 1. The number of nitrogens with one attached hydrogen (secondary N) is 1. The molecular formula is C21H23ClN2O5S. The number of sulfonamides is 1. The number of hydrogen-bond donors (Lipinski definition) is 1. The molecule has 1 fully saturated rings. The van der Waals surface area contributed by atoms with Crippen molar-refractivity contribution in [2.45, 2.75) is 43.7 Å². The predicted octanol–water partition coefficient (Wildman–Crippen LogP) is 3.12. The molecule has 1 N–H and O–H groups in total. The summed E-state index contributed by atoms with van der Waals surface area (Å²) in [6.45, 7) is 1.84. The number of carbonyl (C=O) groups is 2. The molecule has 1 unspecified atom stereocenters. The SMILES string of the molecule is CC(=O)Oc1ccc(CN(C2CCCCNC2=O)S(=O)(=O)c2ccc(Cl)cc2)cc1. The Balaban J connectivity index is 1.95. The summed E-state index contributed by atoms with van der Waals surface area (Å²) >= 11 is 5.91. The molecule has 160 valence electrons. The first-order chi connectivity index (χ1) is 14.3. The van der Waals surface area contributed by atoms with Crippen molar-refractivity contribution in [3.63, 3.8) is 0 Å². The van der Waals surface area contributed by atoms with Crippen molar-refractivity contribution in [2.75, 3.05) is 6.54 Å². The molecule has 0 aromatic heterocycles. The molecule has 30 heavy (non-hydrogen) atoms. The fourth-order valence-corrected chi connectivity index (χ4v) is 5.04. The minimum Gasteiger partial charge on any atom is -0.427 e. The van der Waals surface area contributed by atoms with Crippen LogP contribution in [0.3, 0.4) is 0 Å². The molecule has 7 nitrogen and oxygen atoms in total. The summed E-state index contributed by atoms with van der Waals surface area (Å²) in [6.07, 6.45) is 1.97. The van der Waals surface area contributed by atoms with Crippen LogP contribution >= 0.6 is 11.6 Å². The summed E-state index contributed by atoms with van der Waals surface area (Å²) in [6, 6.07) is 11.6. The monoisotopic (exact) mass is 450 g/mol. The second-order valence-electron chi connectivity index (χ2n) is 7.04. The van der Waals surface area contributed by atoms with Crippen molar-refractivity contribution in [3.05, 3.63) is 59.1 Å². The molecule has 0 spiro atoms. The molecule has 1 heterocycles. The number of halogens is 1. The molecule has 1 amide bonds. The average molecular weight is 451 g/mol. The number of nitrogens with zero attached hydrogens (tertiary/aromatic N) is 1. The van der Waals surface area contributed by atoms with Crippen molar-refractivity contribution in [1.82, 2.24) is 9.62 Å². The summed E-state index contributed by atoms with van der Waals surface area (Å²) in [4.78, 5) is 23.8. The molecule has 1 saturated heterocycles. The molecule has 0 bridgehead atoms. The van der Waals surface area contributed by atoms with Gasteiger partial charge in [0, 0.05) is 25.0 Å². The minimum absolute atomic E-state index is 0.00337. The van der Waals surface area contributed by atoms with Gasteiger partial charge in [-0.25, -0.2) is 8.42 Å². The molecule has 3 rings (SSSR count). The first-order valence-corrected chi connectivity index (χ1v) is 11.4. The summed E-state index contributed by atoms with van der Waals surface area (Å²) < 4.78 is 33.2. The Kier molecular flexibility index (Phi) is 7.12. The third-order valence-electron chi connectivity index (χ3n) is 4.80. The van der Waals surface area contributed by atoms with E-state index in [0.29, 0.717) is 29.3 Å². The van der Waals surface area contributed by atoms with Crippen LogP contribution in [0.4, 0.5) is 0 Å². The van der Waals surface area contributed by atoms with Crippen LogP contribution in [0.1, 0.15) is 31.7 Å². The van der Waals surface area contributed by atoms with Crippen LogP contribution < -0.4 is 10.1 Å². The van der Waals surface area contributed by atoms with E-state index in [1.807, 2.05) is 0 Å². The van der Waals surface area contributed by atoms with Crippen molar-refractivity contribution >= 4 is 33.5 Å². The van der Waals surface area contributed by atoms with Gasteiger partial charge >= 0.3 is 5.97 Å². The van der Waals surface area contributed by atoms with Crippen LogP contribution in [0, 0.1) is 0 Å². The molecule has 1 atom stereocenters. The molecule has 2 aromatic rings. The summed E-state index contributed by atoms with van der Waals surface area (Å²) in [7, 11) is -3.97. The van der Waals surface area contributed by atoms with Crippen molar-refractivity contribution in [2.24, 2.45) is 0 Å². The Morgan fingerprint density at radius 1 is 1.13 bits per heavy atom. The summed E-state index contributed by atoms with van der Waals surface area (Å²) in [5.41, 5.74) is 0.667. The maximum absolute atomic E-state index is 13.5. The molecule has 1 aliphatic rings. The summed E-state index contributed by atoms with van der Waals surface area (Å²) in [5.74, 6) is -0.378. The number of benzene rings is 2. The van der Waals surface area contributed by atoms with E-state index in [-0.39, 0.29) is 17.3 Å². The Morgan fingerprint density at radius 2 is 1.80 bits per heavy atom. The average Bonchev–Trinajstić information content (AvgIpc) is 2.91. The molecule has 2 aromatic carbocycles. The van der Waals surface area contributed by atoms with E-state index in [0.717, 1.165) is 12.8 Å². The summed E-state index contributed by atoms with van der Waals surface area (Å²) in [5, 5.41) is 3.23. The van der Waals surface area contributed by atoms with Crippen LogP contribution in [-0.4, -0.2) is 37.2 Å². The highest BCUT2D eigenvalue weighted by molar-refractivity contribution is 7.89. The highest BCUT2D eigenvalue weighted by Crippen LogP contribution is 2.26. The van der Waals surface area contributed by atoms with Gasteiger partial charge in [0.15, 0.2) is 0 Å². The fourth-order valence-electron chi connectivity index (χ4n) is 3.31. The lowest BCUT2D eigenvalue weighted by Crippen LogP contribution is -2.48. The zero-order valence-electron chi connectivity index (χ0n) is 16.5. The minimum atomic E-state index is -3.97. The van der Waals surface area contributed by atoms with Crippen LogP contribution in [0.15, 0.2) is 53.4 Å². The highest BCUT2D eigenvalue weighted by atomic mass is 35.5. The number of carbonyl (C=O) groups excluding carboxylic acids is 2. The molecular weight excluding hydrogens is 428 g/mol. The van der Waals surface area contributed by atoms with Gasteiger partial charge in [-0.15, -0.1) is 0 Å². The van der Waals surface area contributed by atoms with E-state index in [2.05, 4.69) is 5.32 Å². The highest BCUT2D eigenvalue weighted by Gasteiger charge is 2.36. The van der Waals surface area contributed by atoms with Crippen LogP contribution in [0.25, 0.3) is 0 Å². The lowest BCUT2D eigenvalue weighted by molar-refractivity contribution is -0.132. The van der Waals surface area contributed by atoms with Crippen molar-refractivity contribution in [3.8, 4) is 5.75 Å². The quantitative estimate of drug-likeness (QED) is 0.539. The Labute approximate surface area is 181 Å². The van der Waals surface area contributed by atoms with Gasteiger partial charge in [0.25, 0.3) is 0 Å². The van der Waals surface area contributed by atoms with Gasteiger partial charge in [-0.1, -0.05) is 23.7 Å².